The van der Waals surface area contributed by atoms with E-state index in [-0.39, 0.29) is 16.7 Å². The summed E-state index contributed by atoms with van der Waals surface area (Å²) in [4.78, 5) is 34.2. The van der Waals surface area contributed by atoms with E-state index in [4.69, 9.17) is 0 Å². The van der Waals surface area contributed by atoms with Gasteiger partial charge in [0.15, 0.2) is 0 Å². The first kappa shape index (κ1) is 10.8. The zero-order valence-corrected chi connectivity index (χ0v) is 8.94. The van der Waals surface area contributed by atoms with Crippen molar-refractivity contribution in [3.63, 3.8) is 0 Å². The van der Waals surface area contributed by atoms with Crippen molar-refractivity contribution in [2.75, 3.05) is 0 Å². The number of carbonyl (C=O) groups excluding carboxylic acids is 3. The molecule has 0 fully saturated rings. The van der Waals surface area contributed by atoms with Crippen LogP contribution in [0.4, 0.5) is 4.39 Å². The van der Waals surface area contributed by atoms with Gasteiger partial charge in [0.2, 0.25) is 6.29 Å². The molecular weight excluding hydrogens is 247 g/mol. The molecule has 0 saturated carbocycles. The first-order valence-corrected chi connectivity index (χ1v) is 4.95. The quantitative estimate of drug-likeness (QED) is 0.537. The molecule has 1 atom stereocenters. The lowest BCUT2D eigenvalue weighted by molar-refractivity contribution is -0.0562. The van der Waals surface area contributed by atoms with Gasteiger partial charge in [0.05, 0.1) is 16.7 Å². The number of hydrogen-bond donors (Lipinski definition) is 1. The second kappa shape index (κ2) is 3.14. The fourth-order valence-corrected chi connectivity index (χ4v) is 2.22. The van der Waals surface area contributed by atoms with Gasteiger partial charge in [-0.15, -0.1) is 0 Å². The molecule has 1 unspecified atom stereocenters. The summed E-state index contributed by atoms with van der Waals surface area (Å²) >= 11 is 0. The highest BCUT2D eigenvalue weighted by Gasteiger charge is 2.44. The second-order valence-electron chi connectivity index (χ2n) is 3.91. The topological polar surface area (TPSA) is 89.9 Å². The van der Waals surface area contributed by atoms with Gasteiger partial charge >= 0.3 is 17.9 Å². The molecule has 3 rings (SSSR count). The molecule has 18 heavy (non-hydrogen) atoms. The van der Waals surface area contributed by atoms with Crippen LogP contribution in [0.5, 0.6) is 0 Å². The van der Waals surface area contributed by atoms with Crippen molar-refractivity contribution in [3.8, 4) is 0 Å². The lowest BCUT2D eigenvalue weighted by Gasteiger charge is -2.07. The number of halogens is 1. The average molecular weight is 252 g/mol. The Balaban J connectivity index is 2.47. The SMILES string of the molecule is Cc1c2c(c(F)c3c1C(=O)OC3O)C(=O)OC2=O. The highest BCUT2D eigenvalue weighted by atomic mass is 19.1. The largest absolute Gasteiger partial charge is 0.428 e. The van der Waals surface area contributed by atoms with Gasteiger partial charge in [-0.05, 0) is 12.5 Å². The van der Waals surface area contributed by atoms with Crippen LogP contribution in [-0.4, -0.2) is 23.0 Å². The summed E-state index contributed by atoms with van der Waals surface area (Å²) in [5.41, 5.74) is -1.44. The van der Waals surface area contributed by atoms with E-state index in [1.807, 2.05) is 0 Å². The minimum absolute atomic E-state index is 0.0683. The van der Waals surface area contributed by atoms with Crippen molar-refractivity contribution in [2.24, 2.45) is 0 Å². The molecule has 6 nitrogen and oxygen atoms in total. The molecule has 92 valence electrons. The number of carbonyl (C=O) groups is 3. The number of ether oxygens (including phenoxy) is 2. The second-order valence-corrected chi connectivity index (χ2v) is 3.91. The molecule has 1 aromatic rings. The van der Waals surface area contributed by atoms with E-state index in [1.165, 1.54) is 6.92 Å². The maximum Gasteiger partial charge on any atom is 0.349 e. The van der Waals surface area contributed by atoms with Crippen LogP contribution >= 0.6 is 0 Å². The Kier molecular flexibility index (Phi) is 1.89. The van der Waals surface area contributed by atoms with E-state index in [9.17, 15) is 23.9 Å². The van der Waals surface area contributed by atoms with Crippen molar-refractivity contribution >= 4 is 17.9 Å². The van der Waals surface area contributed by atoms with Crippen LogP contribution in [0.25, 0.3) is 0 Å². The predicted molar refractivity (Wildman–Crippen MR) is 51.3 cm³/mol. The van der Waals surface area contributed by atoms with E-state index >= 15 is 0 Å². The number of aliphatic hydroxyl groups is 1. The number of cyclic esters (lactones) is 3. The number of esters is 3. The Morgan fingerprint density at radius 2 is 1.67 bits per heavy atom. The van der Waals surface area contributed by atoms with Crippen molar-refractivity contribution in [1.82, 2.24) is 0 Å². The Labute approximate surface area is 98.9 Å². The third-order valence-corrected chi connectivity index (χ3v) is 2.99. The van der Waals surface area contributed by atoms with Gasteiger partial charge in [0, 0.05) is 0 Å². The average Bonchev–Trinajstić information content (AvgIpc) is 2.73. The van der Waals surface area contributed by atoms with Crippen LogP contribution < -0.4 is 0 Å². The van der Waals surface area contributed by atoms with Crippen LogP contribution in [0.1, 0.15) is 48.5 Å². The molecule has 0 amide bonds. The first-order chi connectivity index (χ1) is 8.43. The Bertz CT molecular complexity index is 648. The highest BCUT2D eigenvalue weighted by molar-refractivity contribution is 6.17. The molecule has 7 heteroatoms. The van der Waals surface area contributed by atoms with Gasteiger partial charge in [-0.25, -0.2) is 18.8 Å². The summed E-state index contributed by atoms with van der Waals surface area (Å²) in [6, 6.07) is 0. The van der Waals surface area contributed by atoms with Crippen LogP contribution in [-0.2, 0) is 9.47 Å². The molecule has 0 bridgehead atoms. The Hall–Kier alpha value is -2.28. The molecule has 1 N–H and O–H groups in total. The van der Waals surface area contributed by atoms with Crippen LogP contribution in [0.15, 0.2) is 0 Å². The van der Waals surface area contributed by atoms with Gasteiger partial charge < -0.3 is 14.6 Å². The molecule has 2 aliphatic rings. The minimum atomic E-state index is -1.78. The molecule has 2 aliphatic heterocycles. The van der Waals surface area contributed by atoms with Gasteiger partial charge in [0.1, 0.15) is 11.4 Å². The zero-order valence-electron chi connectivity index (χ0n) is 8.94. The summed E-state index contributed by atoms with van der Waals surface area (Å²) in [6.07, 6.45) is -1.78. The van der Waals surface area contributed by atoms with Gasteiger partial charge in [-0.3, -0.25) is 0 Å². The lowest BCUT2D eigenvalue weighted by Crippen LogP contribution is -2.08. The van der Waals surface area contributed by atoms with E-state index < -0.39 is 41.1 Å². The Morgan fingerprint density at radius 1 is 1.06 bits per heavy atom. The lowest BCUT2D eigenvalue weighted by atomic mass is 9.93. The third-order valence-electron chi connectivity index (χ3n) is 2.99. The maximum absolute atomic E-state index is 14.1. The van der Waals surface area contributed by atoms with E-state index in [2.05, 4.69) is 9.47 Å². The Morgan fingerprint density at radius 3 is 2.33 bits per heavy atom. The normalized spacial score (nSPS) is 20.6. The first-order valence-electron chi connectivity index (χ1n) is 4.95. The number of hydrogen-bond acceptors (Lipinski definition) is 6. The van der Waals surface area contributed by atoms with E-state index in [0.717, 1.165) is 0 Å². The molecule has 0 aliphatic carbocycles. The van der Waals surface area contributed by atoms with Gasteiger partial charge in [-0.2, -0.15) is 0 Å². The van der Waals surface area contributed by atoms with Crippen molar-refractivity contribution in [1.29, 1.82) is 0 Å². The van der Waals surface area contributed by atoms with Gasteiger partial charge in [-0.1, -0.05) is 0 Å². The van der Waals surface area contributed by atoms with E-state index in [1.54, 1.807) is 0 Å². The van der Waals surface area contributed by atoms with Crippen LogP contribution in [0.3, 0.4) is 0 Å². The standard InChI is InChI=1S/C11H5FO6/c1-2-3-5(10(15)17-8(3)13)7(12)6-4(2)9(14)18-11(6)16/h10,15H,1H3. The van der Waals surface area contributed by atoms with E-state index in [0.29, 0.717) is 0 Å². The summed E-state index contributed by atoms with van der Waals surface area (Å²) in [5.74, 6) is -4.24. The summed E-state index contributed by atoms with van der Waals surface area (Å²) < 4.78 is 22.8. The summed E-state index contributed by atoms with van der Waals surface area (Å²) in [5, 5.41) is 9.42. The van der Waals surface area contributed by atoms with Crippen LogP contribution in [0.2, 0.25) is 0 Å². The molecule has 0 spiro atoms. The smallest absolute Gasteiger partial charge is 0.349 e. The number of fused-ring (bicyclic) bond motifs is 2. The van der Waals surface area contributed by atoms with Gasteiger partial charge in [0.25, 0.3) is 0 Å². The number of benzene rings is 1. The predicted octanol–water partition coefficient (Wildman–Crippen LogP) is 0.606. The molecule has 1 aromatic carbocycles. The monoisotopic (exact) mass is 252 g/mol. The van der Waals surface area contributed by atoms with Crippen molar-refractivity contribution < 1.29 is 33.4 Å². The summed E-state index contributed by atoms with van der Waals surface area (Å²) in [7, 11) is 0. The molecule has 0 aromatic heterocycles. The fraction of sp³-hybridized carbons (Fsp3) is 0.182. The molecule has 0 saturated heterocycles. The molecule has 2 heterocycles. The van der Waals surface area contributed by atoms with Crippen molar-refractivity contribution in [2.45, 2.75) is 13.2 Å². The summed E-state index contributed by atoms with van der Waals surface area (Å²) in [6.45, 7) is 1.36. The molecule has 0 radical (unpaired) electrons. The number of rotatable bonds is 0. The zero-order chi connectivity index (χ0) is 13.2. The highest BCUT2D eigenvalue weighted by Crippen LogP contribution is 2.39. The van der Waals surface area contributed by atoms with Crippen LogP contribution in [0, 0.1) is 12.7 Å². The fourth-order valence-electron chi connectivity index (χ4n) is 2.22. The maximum atomic E-state index is 14.1. The van der Waals surface area contributed by atoms with Crippen molar-refractivity contribution in [3.05, 3.63) is 33.6 Å². The number of aliphatic hydroxyl groups excluding tert-OH is 1. The molecular formula is C11H5FO6. The minimum Gasteiger partial charge on any atom is -0.428 e. The third kappa shape index (κ3) is 1.06.